The molecular weight excluding hydrogens is 316 g/mol. The second-order valence-corrected chi connectivity index (χ2v) is 7.03. The second kappa shape index (κ2) is 8.68. The summed E-state index contributed by atoms with van der Waals surface area (Å²) >= 11 is 0. The van der Waals surface area contributed by atoms with E-state index in [2.05, 4.69) is 18.9 Å². The van der Waals surface area contributed by atoms with Gasteiger partial charge in [0.05, 0.1) is 12.7 Å². The molecule has 1 aromatic rings. The van der Waals surface area contributed by atoms with Gasteiger partial charge in [0.2, 0.25) is 0 Å². The normalized spacial score (nSPS) is 23.7. The number of carbonyl (C=O) groups is 1. The predicted molar refractivity (Wildman–Crippen MR) is 99.2 cm³/mol. The van der Waals surface area contributed by atoms with Crippen LogP contribution in [0.4, 0.5) is 5.69 Å². The van der Waals surface area contributed by atoms with Crippen LogP contribution in [0.2, 0.25) is 0 Å². The van der Waals surface area contributed by atoms with Gasteiger partial charge in [-0.3, -0.25) is 4.79 Å². The van der Waals surface area contributed by atoms with Crippen LogP contribution >= 0.6 is 0 Å². The smallest absolute Gasteiger partial charge is 0.254 e. The minimum absolute atomic E-state index is 0.0136. The van der Waals surface area contributed by atoms with Crippen molar-refractivity contribution in [3.05, 3.63) is 29.8 Å². The number of nitrogens with zero attached hydrogens (tertiary/aromatic N) is 2. The molecule has 0 radical (unpaired) electrons. The van der Waals surface area contributed by atoms with Crippen LogP contribution in [0.15, 0.2) is 24.3 Å². The first-order valence-electron chi connectivity index (χ1n) is 9.52. The molecule has 3 rings (SSSR count). The van der Waals surface area contributed by atoms with Crippen LogP contribution in [-0.4, -0.2) is 62.9 Å². The minimum Gasteiger partial charge on any atom is -0.375 e. The maximum Gasteiger partial charge on any atom is 0.254 e. The predicted octanol–water partition coefficient (Wildman–Crippen LogP) is 2.94. The first-order chi connectivity index (χ1) is 12.2. The van der Waals surface area contributed by atoms with Crippen LogP contribution < -0.4 is 4.90 Å². The number of carbonyl (C=O) groups excluding carboxylic acids is 1. The molecule has 1 amide bonds. The van der Waals surface area contributed by atoms with E-state index in [9.17, 15) is 4.79 Å². The maximum atomic E-state index is 12.8. The molecule has 0 unspecified atom stereocenters. The Hall–Kier alpha value is -1.59. The first-order valence-corrected chi connectivity index (χ1v) is 9.52. The van der Waals surface area contributed by atoms with Gasteiger partial charge in [0, 0.05) is 44.5 Å². The van der Waals surface area contributed by atoms with Gasteiger partial charge < -0.3 is 19.3 Å². The zero-order valence-corrected chi connectivity index (χ0v) is 15.4. The van der Waals surface area contributed by atoms with Gasteiger partial charge in [0.25, 0.3) is 5.91 Å². The third-order valence-electron chi connectivity index (χ3n) is 5.16. The van der Waals surface area contributed by atoms with Crippen molar-refractivity contribution in [2.45, 2.75) is 44.8 Å². The summed E-state index contributed by atoms with van der Waals surface area (Å²) in [4.78, 5) is 17.0. The monoisotopic (exact) mass is 346 g/mol. The zero-order chi connectivity index (χ0) is 17.6. The Bertz CT molecular complexity index is 555. The number of anilines is 1. The Kier molecular flexibility index (Phi) is 6.32. The van der Waals surface area contributed by atoms with Gasteiger partial charge in [-0.15, -0.1) is 0 Å². The molecule has 0 aliphatic carbocycles. The van der Waals surface area contributed by atoms with Crippen molar-refractivity contribution in [3.8, 4) is 0 Å². The largest absolute Gasteiger partial charge is 0.375 e. The number of unbranched alkanes of at least 4 members (excludes halogenated alkanes) is 1. The van der Waals surface area contributed by atoms with E-state index in [0.29, 0.717) is 19.7 Å². The molecule has 2 atom stereocenters. The maximum absolute atomic E-state index is 12.8. The second-order valence-electron chi connectivity index (χ2n) is 7.03. The van der Waals surface area contributed by atoms with Gasteiger partial charge in [0.15, 0.2) is 0 Å². The van der Waals surface area contributed by atoms with Crippen molar-refractivity contribution < 1.29 is 14.3 Å². The summed E-state index contributed by atoms with van der Waals surface area (Å²) in [6.07, 6.45) is 4.64. The molecule has 5 heteroatoms. The van der Waals surface area contributed by atoms with Crippen molar-refractivity contribution in [1.82, 2.24) is 4.90 Å². The van der Waals surface area contributed by atoms with E-state index in [4.69, 9.17) is 9.47 Å². The lowest BCUT2D eigenvalue weighted by molar-refractivity contribution is -0.0867. The van der Waals surface area contributed by atoms with Gasteiger partial charge >= 0.3 is 0 Å². The van der Waals surface area contributed by atoms with E-state index in [1.165, 1.54) is 12.8 Å². The van der Waals surface area contributed by atoms with Crippen molar-refractivity contribution in [3.63, 3.8) is 0 Å². The van der Waals surface area contributed by atoms with Crippen molar-refractivity contribution >= 4 is 11.6 Å². The molecule has 25 heavy (non-hydrogen) atoms. The van der Waals surface area contributed by atoms with E-state index < -0.39 is 0 Å². The number of amides is 1. The van der Waals surface area contributed by atoms with Crippen molar-refractivity contribution in [1.29, 1.82) is 0 Å². The molecule has 0 N–H and O–H groups in total. The average Bonchev–Trinajstić information content (AvgIpc) is 3.20. The summed E-state index contributed by atoms with van der Waals surface area (Å²) in [5.41, 5.74) is 1.91. The van der Waals surface area contributed by atoms with E-state index in [0.717, 1.165) is 37.2 Å². The number of hydrogen-bond acceptors (Lipinski definition) is 4. The lowest BCUT2D eigenvalue weighted by Crippen LogP contribution is -2.49. The van der Waals surface area contributed by atoms with Crippen LogP contribution in [-0.2, 0) is 9.47 Å². The number of morpholine rings is 1. The molecule has 2 aliphatic rings. The lowest BCUT2D eigenvalue weighted by atomic mass is 10.1. The van der Waals surface area contributed by atoms with Gasteiger partial charge in [-0.1, -0.05) is 13.3 Å². The molecule has 2 fully saturated rings. The summed E-state index contributed by atoms with van der Waals surface area (Å²) < 4.78 is 11.6. The Balaban J connectivity index is 1.60. The quantitative estimate of drug-likeness (QED) is 0.794. The van der Waals surface area contributed by atoms with Crippen LogP contribution in [0.25, 0.3) is 0 Å². The molecule has 0 saturated carbocycles. The van der Waals surface area contributed by atoms with Crippen LogP contribution in [0.3, 0.4) is 0 Å². The highest BCUT2D eigenvalue weighted by molar-refractivity contribution is 5.94. The number of hydrogen-bond donors (Lipinski definition) is 0. The van der Waals surface area contributed by atoms with Gasteiger partial charge in [-0.25, -0.2) is 0 Å². The van der Waals surface area contributed by atoms with Gasteiger partial charge in [0.1, 0.15) is 6.10 Å². The van der Waals surface area contributed by atoms with Gasteiger partial charge in [-0.05, 0) is 43.5 Å². The van der Waals surface area contributed by atoms with E-state index in [1.54, 1.807) is 0 Å². The molecule has 2 saturated heterocycles. The molecule has 2 heterocycles. The third-order valence-corrected chi connectivity index (χ3v) is 5.16. The summed E-state index contributed by atoms with van der Waals surface area (Å²) in [5, 5.41) is 0. The summed E-state index contributed by atoms with van der Waals surface area (Å²) in [5.74, 6) is 0.0917. The lowest BCUT2D eigenvalue weighted by Gasteiger charge is -2.35. The fourth-order valence-electron chi connectivity index (χ4n) is 3.55. The van der Waals surface area contributed by atoms with Crippen LogP contribution in [0.1, 0.15) is 43.0 Å². The Morgan fingerprint density at radius 3 is 2.64 bits per heavy atom. The highest BCUT2D eigenvalue weighted by Gasteiger charge is 2.33. The molecule has 0 bridgehead atoms. The van der Waals surface area contributed by atoms with E-state index in [1.807, 2.05) is 29.2 Å². The molecule has 138 valence electrons. The SMILES string of the molecule is CCCCN(C)c1ccc(C(=O)N2CCO[C@@H]([C@H]3CCCO3)C2)cc1. The summed E-state index contributed by atoms with van der Waals surface area (Å²) in [6, 6.07) is 7.97. The van der Waals surface area contributed by atoms with Crippen LogP contribution in [0.5, 0.6) is 0 Å². The molecular formula is C20H30N2O3. The Morgan fingerprint density at radius 1 is 1.20 bits per heavy atom. The average molecular weight is 346 g/mol. The highest BCUT2D eigenvalue weighted by Crippen LogP contribution is 2.22. The van der Waals surface area contributed by atoms with E-state index >= 15 is 0 Å². The summed E-state index contributed by atoms with van der Waals surface area (Å²) in [6.45, 7) is 5.92. The minimum atomic E-state index is 0.0136. The summed E-state index contributed by atoms with van der Waals surface area (Å²) in [7, 11) is 2.10. The highest BCUT2D eigenvalue weighted by atomic mass is 16.5. The fourth-order valence-corrected chi connectivity index (χ4v) is 3.55. The van der Waals surface area contributed by atoms with Gasteiger partial charge in [-0.2, -0.15) is 0 Å². The zero-order valence-electron chi connectivity index (χ0n) is 15.4. The number of rotatable bonds is 6. The van der Waals surface area contributed by atoms with Crippen molar-refractivity contribution in [2.24, 2.45) is 0 Å². The third kappa shape index (κ3) is 4.53. The molecule has 2 aliphatic heterocycles. The molecule has 1 aromatic carbocycles. The molecule has 0 spiro atoms. The molecule has 0 aromatic heterocycles. The topological polar surface area (TPSA) is 42.0 Å². The first kappa shape index (κ1) is 18.2. The van der Waals surface area contributed by atoms with Crippen LogP contribution in [0, 0.1) is 0 Å². The standard InChI is InChI=1S/C20H30N2O3/c1-3-4-11-21(2)17-9-7-16(8-10-17)20(23)22-12-14-25-19(15-22)18-6-5-13-24-18/h7-10,18-19H,3-6,11-15H2,1-2H3/t18-,19-/m1/s1. The Morgan fingerprint density at radius 2 is 1.96 bits per heavy atom. The Labute approximate surface area is 150 Å². The fraction of sp³-hybridized carbons (Fsp3) is 0.650. The van der Waals surface area contributed by atoms with E-state index in [-0.39, 0.29) is 18.1 Å². The molecule has 5 nitrogen and oxygen atoms in total. The number of benzene rings is 1. The van der Waals surface area contributed by atoms with Crippen molar-refractivity contribution in [2.75, 3.05) is 44.8 Å². The number of ether oxygens (including phenoxy) is 2.